The Hall–Kier alpha value is -1.97. The third-order valence-electron chi connectivity index (χ3n) is 4.45. The Kier molecular flexibility index (Phi) is 5.56. The molecular formula is C20H25N3. The molecule has 0 atom stereocenters. The van der Waals surface area contributed by atoms with Gasteiger partial charge in [-0.05, 0) is 24.1 Å². The Labute approximate surface area is 139 Å². The predicted octanol–water partition coefficient (Wildman–Crippen LogP) is 3.22. The molecule has 3 nitrogen and oxygen atoms in total. The Morgan fingerprint density at radius 3 is 2.43 bits per heavy atom. The van der Waals surface area contributed by atoms with Gasteiger partial charge in [-0.3, -0.25) is 14.8 Å². The molecule has 0 bridgehead atoms. The highest BCUT2D eigenvalue weighted by molar-refractivity contribution is 5.48. The van der Waals surface area contributed by atoms with Gasteiger partial charge in [-0.2, -0.15) is 0 Å². The van der Waals surface area contributed by atoms with E-state index in [0.717, 1.165) is 45.0 Å². The van der Waals surface area contributed by atoms with Gasteiger partial charge in [0, 0.05) is 51.2 Å². The fraction of sp³-hybridized carbons (Fsp3) is 0.350. The molecule has 0 unspecified atom stereocenters. The SMILES string of the molecule is Cc1ncccc1CN1CCN(C/C=C/c2ccccc2)CC1. The molecule has 0 saturated carbocycles. The first-order chi connectivity index (χ1) is 11.3. The van der Waals surface area contributed by atoms with Crippen LogP contribution in [0.25, 0.3) is 6.08 Å². The molecule has 0 amide bonds. The molecule has 0 N–H and O–H groups in total. The average Bonchev–Trinajstić information content (AvgIpc) is 2.59. The third-order valence-corrected chi connectivity index (χ3v) is 4.45. The first-order valence-corrected chi connectivity index (χ1v) is 8.38. The normalized spacial score (nSPS) is 16.9. The van der Waals surface area contributed by atoms with Crippen molar-refractivity contribution in [2.45, 2.75) is 13.5 Å². The van der Waals surface area contributed by atoms with Gasteiger partial charge in [0.05, 0.1) is 0 Å². The van der Waals surface area contributed by atoms with Crippen LogP contribution in [0, 0.1) is 6.92 Å². The first kappa shape index (κ1) is 15.9. The zero-order valence-electron chi connectivity index (χ0n) is 13.9. The van der Waals surface area contributed by atoms with E-state index in [2.05, 4.69) is 70.3 Å². The molecule has 1 aliphatic rings. The molecule has 23 heavy (non-hydrogen) atoms. The second kappa shape index (κ2) is 8.04. The number of aromatic nitrogens is 1. The number of aryl methyl sites for hydroxylation is 1. The summed E-state index contributed by atoms with van der Waals surface area (Å²) < 4.78 is 0. The lowest BCUT2D eigenvalue weighted by Crippen LogP contribution is -2.45. The van der Waals surface area contributed by atoms with Crippen LogP contribution in [0.4, 0.5) is 0 Å². The fourth-order valence-electron chi connectivity index (χ4n) is 2.96. The number of benzene rings is 1. The van der Waals surface area contributed by atoms with Crippen molar-refractivity contribution in [2.24, 2.45) is 0 Å². The van der Waals surface area contributed by atoms with Crippen molar-refractivity contribution in [2.75, 3.05) is 32.7 Å². The summed E-state index contributed by atoms with van der Waals surface area (Å²) in [6.07, 6.45) is 6.36. The molecule has 2 heterocycles. The van der Waals surface area contributed by atoms with Crippen LogP contribution in [0.15, 0.2) is 54.7 Å². The standard InChI is InChI=1S/C20H25N3/c1-18-20(10-5-11-21-18)17-23-15-13-22(14-16-23)12-6-9-19-7-3-2-4-8-19/h2-11H,12-17H2,1H3/b9-6+. The topological polar surface area (TPSA) is 19.4 Å². The van der Waals surface area contributed by atoms with E-state index in [9.17, 15) is 0 Å². The molecule has 0 spiro atoms. The third kappa shape index (κ3) is 4.75. The Morgan fingerprint density at radius 2 is 1.70 bits per heavy atom. The predicted molar refractivity (Wildman–Crippen MR) is 96.2 cm³/mol. The fourth-order valence-corrected chi connectivity index (χ4v) is 2.96. The number of hydrogen-bond acceptors (Lipinski definition) is 3. The van der Waals surface area contributed by atoms with Crippen LogP contribution in [0.5, 0.6) is 0 Å². The van der Waals surface area contributed by atoms with E-state index in [4.69, 9.17) is 0 Å². The highest BCUT2D eigenvalue weighted by atomic mass is 15.3. The molecule has 1 saturated heterocycles. The van der Waals surface area contributed by atoms with Crippen LogP contribution in [0.2, 0.25) is 0 Å². The second-order valence-corrected chi connectivity index (χ2v) is 6.14. The number of hydrogen-bond donors (Lipinski definition) is 0. The molecule has 1 aromatic carbocycles. The van der Waals surface area contributed by atoms with Crippen LogP contribution < -0.4 is 0 Å². The molecule has 120 valence electrons. The Balaban J connectivity index is 1.44. The quantitative estimate of drug-likeness (QED) is 0.845. The zero-order chi connectivity index (χ0) is 15.9. The minimum absolute atomic E-state index is 1.02. The largest absolute Gasteiger partial charge is 0.297 e. The monoisotopic (exact) mass is 307 g/mol. The Morgan fingerprint density at radius 1 is 0.957 bits per heavy atom. The van der Waals surface area contributed by atoms with Crippen LogP contribution in [-0.2, 0) is 6.54 Å². The van der Waals surface area contributed by atoms with Gasteiger partial charge in [0.1, 0.15) is 0 Å². The van der Waals surface area contributed by atoms with E-state index in [0.29, 0.717) is 0 Å². The lowest BCUT2D eigenvalue weighted by Gasteiger charge is -2.34. The van der Waals surface area contributed by atoms with Crippen molar-refractivity contribution in [3.63, 3.8) is 0 Å². The summed E-state index contributed by atoms with van der Waals surface area (Å²) in [5.41, 5.74) is 3.78. The molecule has 0 radical (unpaired) electrons. The molecule has 1 aliphatic heterocycles. The van der Waals surface area contributed by atoms with E-state index in [-0.39, 0.29) is 0 Å². The summed E-state index contributed by atoms with van der Waals surface area (Å²) in [5, 5.41) is 0. The maximum absolute atomic E-state index is 4.38. The molecular weight excluding hydrogens is 282 g/mol. The van der Waals surface area contributed by atoms with E-state index in [1.807, 2.05) is 12.3 Å². The zero-order valence-corrected chi connectivity index (χ0v) is 13.9. The molecule has 3 heteroatoms. The highest BCUT2D eigenvalue weighted by Crippen LogP contribution is 2.11. The van der Waals surface area contributed by atoms with E-state index in [1.165, 1.54) is 11.1 Å². The van der Waals surface area contributed by atoms with Crippen molar-refractivity contribution >= 4 is 6.08 Å². The lowest BCUT2D eigenvalue weighted by molar-refractivity contribution is 0.137. The van der Waals surface area contributed by atoms with Crippen molar-refractivity contribution in [1.82, 2.24) is 14.8 Å². The second-order valence-electron chi connectivity index (χ2n) is 6.14. The Bertz CT molecular complexity index is 628. The van der Waals surface area contributed by atoms with E-state index >= 15 is 0 Å². The number of pyridine rings is 1. The van der Waals surface area contributed by atoms with Gasteiger partial charge >= 0.3 is 0 Å². The molecule has 1 fully saturated rings. The summed E-state index contributed by atoms with van der Waals surface area (Å²) in [7, 11) is 0. The number of piperazine rings is 1. The minimum atomic E-state index is 1.02. The van der Waals surface area contributed by atoms with E-state index < -0.39 is 0 Å². The van der Waals surface area contributed by atoms with Crippen molar-refractivity contribution in [1.29, 1.82) is 0 Å². The number of nitrogens with zero attached hydrogens (tertiary/aromatic N) is 3. The molecule has 1 aromatic heterocycles. The maximum Gasteiger partial charge on any atom is 0.0417 e. The molecule has 2 aromatic rings. The van der Waals surface area contributed by atoms with Crippen LogP contribution in [0.3, 0.4) is 0 Å². The van der Waals surface area contributed by atoms with Crippen molar-refractivity contribution in [3.8, 4) is 0 Å². The summed E-state index contributed by atoms with van der Waals surface area (Å²) >= 11 is 0. The highest BCUT2D eigenvalue weighted by Gasteiger charge is 2.16. The van der Waals surface area contributed by atoms with Gasteiger partial charge in [0.15, 0.2) is 0 Å². The van der Waals surface area contributed by atoms with Gasteiger partial charge in [0.2, 0.25) is 0 Å². The maximum atomic E-state index is 4.38. The summed E-state index contributed by atoms with van der Waals surface area (Å²) in [6, 6.07) is 14.7. The summed E-state index contributed by atoms with van der Waals surface area (Å²) in [5.74, 6) is 0. The van der Waals surface area contributed by atoms with E-state index in [1.54, 1.807) is 0 Å². The van der Waals surface area contributed by atoms with Gasteiger partial charge in [-0.15, -0.1) is 0 Å². The van der Waals surface area contributed by atoms with Crippen LogP contribution in [-0.4, -0.2) is 47.5 Å². The molecule has 3 rings (SSSR count). The minimum Gasteiger partial charge on any atom is -0.297 e. The average molecular weight is 307 g/mol. The van der Waals surface area contributed by atoms with Gasteiger partial charge in [0.25, 0.3) is 0 Å². The van der Waals surface area contributed by atoms with Crippen LogP contribution >= 0.6 is 0 Å². The number of rotatable bonds is 5. The molecule has 0 aliphatic carbocycles. The first-order valence-electron chi connectivity index (χ1n) is 8.38. The smallest absolute Gasteiger partial charge is 0.0417 e. The van der Waals surface area contributed by atoms with Crippen LogP contribution in [0.1, 0.15) is 16.8 Å². The summed E-state index contributed by atoms with van der Waals surface area (Å²) in [4.78, 5) is 9.43. The lowest BCUT2D eigenvalue weighted by atomic mass is 10.1. The van der Waals surface area contributed by atoms with Gasteiger partial charge in [-0.25, -0.2) is 0 Å². The summed E-state index contributed by atoms with van der Waals surface area (Å²) in [6.45, 7) is 8.69. The van der Waals surface area contributed by atoms with Gasteiger partial charge in [-0.1, -0.05) is 48.6 Å². The van der Waals surface area contributed by atoms with Crippen molar-refractivity contribution in [3.05, 3.63) is 71.6 Å². The van der Waals surface area contributed by atoms with Crippen molar-refractivity contribution < 1.29 is 0 Å². The van der Waals surface area contributed by atoms with Gasteiger partial charge < -0.3 is 0 Å².